The zero-order valence-corrected chi connectivity index (χ0v) is 7.12. The molecular weight excluding hydrogens is 182 g/mol. The van der Waals surface area contributed by atoms with Crippen LogP contribution < -0.4 is 0 Å². The highest BCUT2D eigenvalue weighted by Crippen LogP contribution is 2.25. The Morgan fingerprint density at radius 3 is 1.69 bits per heavy atom. The van der Waals surface area contributed by atoms with Gasteiger partial charge in [-0.15, -0.1) is 0 Å². The number of hydrogen-bond acceptors (Lipinski definition) is 3. The molecule has 0 saturated carbocycles. The topological polar surface area (TPSA) is 27.7 Å². The van der Waals surface area contributed by atoms with Crippen molar-refractivity contribution in [3.8, 4) is 0 Å². The molecule has 3 nitrogen and oxygen atoms in total. The van der Waals surface area contributed by atoms with E-state index in [1.807, 2.05) is 0 Å². The van der Waals surface area contributed by atoms with Gasteiger partial charge in [-0.3, -0.25) is 0 Å². The molecule has 76 valence electrons. The summed E-state index contributed by atoms with van der Waals surface area (Å²) in [6.45, 7) is 0.658. The van der Waals surface area contributed by atoms with E-state index in [2.05, 4.69) is 0 Å². The van der Waals surface area contributed by atoms with Gasteiger partial charge >= 0.3 is 0 Å². The molecule has 0 radical (unpaired) electrons. The quantitative estimate of drug-likeness (QED) is 0.660. The van der Waals surface area contributed by atoms with Gasteiger partial charge < -0.3 is 14.2 Å². The van der Waals surface area contributed by atoms with Crippen molar-refractivity contribution in [3.05, 3.63) is 0 Å². The fraction of sp³-hybridized carbons (Fsp3) is 1.00. The maximum Gasteiger partial charge on any atom is 0.191 e. The largest absolute Gasteiger partial charge is 0.349 e. The average molecular weight is 194 g/mol. The molecule has 0 aromatic heterocycles. The lowest BCUT2D eigenvalue weighted by molar-refractivity contribution is -0.240. The highest BCUT2D eigenvalue weighted by molar-refractivity contribution is 4.73. The van der Waals surface area contributed by atoms with Gasteiger partial charge in [0.25, 0.3) is 0 Å². The second kappa shape index (κ2) is 3.86. The molecule has 0 aromatic carbocycles. The van der Waals surface area contributed by atoms with Crippen molar-refractivity contribution in [2.75, 3.05) is 13.2 Å². The van der Waals surface area contributed by atoms with Gasteiger partial charge in [0.1, 0.15) is 0 Å². The molecule has 2 heterocycles. The van der Waals surface area contributed by atoms with E-state index in [4.69, 9.17) is 14.2 Å². The van der Waals surface area contributed by atoms with Gasteiger partial charge in [0.2, 0.25) is 0 Å². The molecule has 0 bridgehead atoms. The van der Waals surface area contributed by atoms with E-state index in [0.29, 0.717) is 26.1 Å². The van der Waals surface area contributed by atoms with Gasteiger partial charge in [-0.1, -0.05) is 0 Å². The highest BCUT2D eigenvalue weighted by Gasteiger charge is 2.37. The van der Waals surface area contributed by atoms with Gasteiger partial charge in [-0.2, -0.15) is 0 Å². The van der Waals surface area contributed by atoms with Crippen LogP contribution in [0.1, 0.15) is 12.8 Å². The van der Waals surface area contributed by atoms with Crippen LogP contribution in [0.3, 0.4) is 0 Å². The fourth-order valence-electron chi connectivity index (χ4n) is 1.46. The van der Waals surface area contributed by atoms with Crippen LogP contribution in [0.5, 0.6) is 0 Å². The third-order valence-corrected chi connectivity index (χ3v) is 2.21. The summed E-state index contributed by atoms with van der Waals surface area (Å²) in [5, 5.41) is 0. The van der Waals surface area contributed by atoms with Gasteiger partial charge in [0.15, 0.2) is 24.9 Å². The van der Waals surface area contributed by atoms with Crippen LogP contribution in [0.4, 0.5) is 8.78 Å². The molecule has 2 fully saturated rings. The predicted octanol–water partition coefficient (Wildman–Crippen LogP) is 1.17. The summed E-state index contributed by atoms with van der Waals surface area (Å²) < 4.78 is 40.7. The Hall–Kier alpha value is -0.260. The van der Waals surface area contributed by atoms with Crippen LogP contribution in [-0.2, 0) is 14.2 Å². The lowest BCUT2D eigenvalue weighted by Gasteiger charge is -2.19. The van der Waals surface area contributed by atoms with Crippen molar-refractivity contribution in [3.63, 3.8) is 0 Å². The summed E-state index contributed by atoms with van der Waals surface area (Å²) in [7, 11) is 0. The van der Waals surface area contributed by atoms with Crippen molar-refractivity contribution in [2.45, 2.75) is 37.8 Å². The van der Waals surface area contributed by atoms with Crippen LogP contribution in [0, 0.1) is 0 Å². The Kier molecular flexibility index (Phi) is 2.76. The van der Waals surface area contributed by atoms with Gasteiger partial charge in [-0.05, 0) is 0 Å². The Balaban J connectivity index is 1.82. The van der Waals surface area contributed by atoms with Gasteiger partial charge in [0, 0.05) is 12.8 Å². The van der Waals surface area contributed by atoms with Crippen molar-refractivity contribution >= 4 is 0 Å². The van der Waals surface area contributed by atoms with Gasteiger partial charge in [0.05, 0.1) is 13.2 Å². The number of halogens is 2. The Labute approximate surface area is 75.0 Å². The second-order valence-corrected chi connectivity index (χ2v) is 3.22. The molecule has 2 saturated heterocycles. The summed E-state index contributed by atoms with van der Waals surface area (Å²) in [5.41, 5.74) is 0. The zero-order valence-electron chi connectivity index (χ0n) is 7.12. The zero-order chi connectivity index (χ0) is 9.26. The van der Waals surface area contributed by atoms with Crippen LogP contribution in [-0.4, -0.2) is 38.1 Å². The molecule has 0 aliphatic carbocycles. The first-order valence-corrected chi connectivity index (χ1v) is 4.44. The molecule has 0 spiro atoms. The Morgan fingerprint density at radius 2 is 1.38 bits per heavy atom. The number of hydrogen-bond donors (Lipinski definition) is 0. The van der Waals surface area contributed by atoms with Crippen LogP contribution in [0.2, 0.25) is 0 Å². The van der Waals surface area contributed by atoms with Crippen LogP contribution in [0.25, 0.3) is 0 Å². The molecule has 0 aromatic rings. The normalized spacial score (nSPS) is 45.7. The third-order valence-electron chi connectivity index (χ3n) is 2.21. The minimum atomic E-state index is -1.16. The second-order valence-electron chi connectivity index (χ2n) is 3.22. The molecule has 5 heteroatoms. The standard InChI is InChI=1S/C8H12F2O3/c9-5-1-3-11-7(5)13-8-6(10)2-4-12-8/h5-8H,1-4H2. The highest BCUT2D eigenvalue weighted by atomic mass is 19.1. The van der Waals surface area contributed by atoms with E-state index in [1.54, 1.807) is 0 Å². The molecular formula is C8H12F2O3. The third kappa shape index (κ3) is 1.98. The Bertz CT molecular complexity index is 161. The van der Waals surface area contributed by atoms with Crippen molar-refractivity contribution in [2.24, 2.45) is 0 Å². The summed E-state index contributed by atoms with van der Waals surface area (Å²) in [6, 6.07) is 0. The summed E-state index contributed by atoms with van der Waals surface area (Å²) >= 11 is 0. The van der Waals surface area contributed by atoms with Crippen LogP contribution in [0.15, 0.2) is 0 Å². The van der Waals surface area contributed by atoms with E-state index in [1.165, 1.54) is 0 Å². The SMILES string of the molecule is FC1CCOC1OC1OCCC1F. The first kappa shape index (κ1) is 9.30. The molecule has 4 unspecified atom stereocenters. The van der Waals surface area contributed by atoms with Gasteiger partial charge in [-0.25, -0.2) is 8.78 Å². The van der Waals surface area contributed by atoms with Crippen molar-refractivity contribution in [1.82, 2.24) is 0 Å². The number of rotatable bonds is 2. The minimum Gasteiger partial charge on any atom is -0.349 e. The monoisotopic (exact) mass is 194 g/mol. The predicted molar refractivity (Wildman–Crippen MR) is 39.6 cm³/mol. The molecule has 0 amide bonds. The molecule has 2 aliphatic heterocycles. The lowest BCUT2D eigenvalue weighted by atomic mass is 10.3. The Morgan fingerprint density at radius 1 is 0.923 bits per heavy atom. The maximum atomic E-state index is 12.9. The molecule has 0 N–H and O–H groups in total. The molecule has 2 rings (SSSR count). The molecule has 4 atom stereocenters. The summed E-state index contributed by atoms with van der Waals surface area (Å²) in [5.74, 6) is 0. The smallest absolute Gasteiger partial charge is 0.191 e. The first-order valence-electron chi connectivity index (χ1n) is 4.44. The number of alkyl halides is 2. The minimum absolute atomic E-state index is 0.314. The van der Waals surface area contributed by atoms with Crippen molar-refractivity contribution < 1.29 is 23.0 Å². The van der Waals surface area contributed by atoms with E-state index in [9.17, 15) is 8.78 Å². The first-order chi connectivity index (χ1) is 6.27. The summed E-state index contributed by atoms with van der Waals surface area (Å²) in [4.78, 5) is 0. The lowest BCUT2D eigenvalue weighted by Crippen LogP contribution is -2.31. The fourth-order valence-corrected chi connectivity index (χ4v) is 1.46. The van der Waals surface area contributed by atoms with E-state index in [0.717, 1.165) is 0 Å². The van der Waals surface area contributed by atoms with Crippen LogP contribution >= 0.6 is 0 Å². The molecule has 13 heavy (non-hydrogen) atoms. The van der Waals surface area contributed by atoms with E-state index < -0.39 is 24.9 Å². The average Bonchev–Trinajstić information content (AvgIpc) is 2.65. The van der Waals surface area contributed by atoms with E-state index >= 15 is 0 Å². The van der Waals surface area contributed by atoms with E-state index in [-0.39, 0.29) is 0 Å². The van der Waals surface area contributed by atoms with Crippen molar-refractivity contribution in [1.29, 1.82) is 0 Å². The number of ether oxygens (including phenoxy) is 3. The maximum absolute atomic E-state index is 12.9. The summed E-state index contributed by atoms with van der Waals surface area (Å²) in [6.07, 6.45) is -3.57. The molecule has 2 aliphatic rings.